The first-order valence-corrected chi connectivity index (χ1v) is 13.7. The summed E-state index contributed by atoms with van der Waals surface area (Å²) in [6.45, 7) is 5.65. The number of pyridine rings is 1. The van der Waals surface area contributed by atoms with Crippen molar-refractivity contribution in [2.24, 2.45) is 5.41 Å². The van der Waals surface area contributed by atoms with Gasteiger partial charge in [-0.1, -0.05) is 51.1 Å². The van der Waals surface area contributed by atoms with E-state index < -0.39 is 10.8 Å². The third-order valence-electron chi connectivity index (χ3n) is 7.80. The van der Waals surface area contributed by atoms with E-state index in [1.807, 2.05) is 87.5 Å². The second-order valence-corrected chi connectivity index (χ2v) is 11.8. The molecule has 9 nitrogen and oxygen atoms in total. The van der Waals surface area contributed by atoms with Gasteiger partial charge in [-0.05, 0) is 60.4 Å². The van der Waals surface area contributed by atoms with Crippen molar-refractivity contribution in [3.8, 4) is 5.69 Å². The van der Waals surface area contributed by atoms with Crippen molar-refractivity contribution in [1.29, 1.82) is 0 Å². The fourth-order valence-corrected chi connectivity index (χ4v) is 5.84. The second kappa shape index (κ2) is 9.99. The summed E-state index contributed by atoms with van der Waals surface area (Å²) >= 11 is 0. The molecule has 0 bridgehead atoms. The van der Waals surface area contributed by atoms with Crippen LogP contribution in [0.1, 0.15) is 43.2 Å². The number of amides is 3. The number of carbonyl (C=O) groups is 3. The van der Waals surface area contributed by atoms with Gasteiger partial charge in [0.15, 0.2) is 0 Å². The van der Waals surface area contributed by atoms with Crippen molar-refractivity contribution in [2.75, 3.05) is 17.2 Å². The molecule has 2 aromatic heterocycles. The van der Waals surface area contributed by atoms with E-state index in [0.29, 0.717) is 24.3 Å². The van der Waals surface area contributed by atoms with Crippen LogP contribution in [-0.4, -0.2) is 43.9 Å². The van der Waals surface area contributed by atoms with Crippen LogP contribution in [0.4, 0.5) is 11.5 Å². The number of nitrogens with one attached hydrogen (secondary N) is 2. The number of anilines is 2. The van der Waals surface area contributed by atoms with Gasteiger partial charge >= 0.3 is 0 Å². The quantitative estimate of drug-likeness (QED) is 0.374. The molecule has 1 atom stereocenters. The molecule has 6 rings (SSSR count). The second-order valence-electron chi connectivity index (χ2n) is 11.8. The van der Waals surface area contributed by atoms with Gasteiger partial charge in [-0.15, -0.1) is 0 Å². The number of fused-ring (bicyclic) bond motifs is 3. The molecule has 208 valence electrons. The first kappa shape index (κ1) is 26.4. The number of rotatable bonds is 6. The zero-order chi connectivity index (χ0) is 28.8. The maximum absolute atomic E-state index is 13.4. The predicted molar refractivity (Wildman–Crippen MR) is 155 cm³/mol. The molecule has 3 amide bonds. The highest BCUT2D eigenvalue weighted by Gasteiger charge is 2.51. The Kier molecular flexibility index (Phi) is 6.44. The monoisotopic (exact) mass is 548 g/mol. The predicted octanol–water partition coefficient (Wildman–Crippen LogP) is 4.27. The van der Waals surface area contributed by atoms with Gasteiger partial charge in [0.2, 0.25) is 17.7 Å². The molecule has 41 heavy (non-hydrogen) atoms. The Hall–Kier alpha value is -4.79. The average molecular weight is 549 g/mol. The molecule has 2 aliphatic rings. The average Bonchev–Trinajstić information content (AvgIpc) is 3.64. The van der Waals surface area contributed by atoms with Crippen LogP contribution >= 0.6 is 0 Å². The number of hydrogen-bond acceptors (Lipinski definition) is 5. The summed E-state index contributed by atoms with van der Waals surface area (Å²) in [4.78, 5) is 45.7. The molecule has 3 heterocycles. The summed E-state index contributed by atoms with van der Waals surface area (Å²) in [7, 11) is 0. The van der Waals surface area contributed by atoms with Crippen LogP contribution < -0.4 is 10.6 Å². The van der Waals surface area contributed by atoms with Crippen LogP contribution in [0.15, 0.2) is 79.1 Å². The molecular weight excluding hydrogens is 516 g/mol. The van der Waals surface area contributed by atoms with Crippen molar-refractivity contribution < 1.29 is 14.4 Å². The molecule has 2 N–H and O–H groups in total. The smallest absolute Gasteiger partial charge is 0.244 e. The molecule has 1 unspecified atom stereocenters. The summed E-state index contributed by atoms with van der Waals surface area (Å²) in [5, 5.41) is 10.3. The van der Waals surface area contributed by atoms with Gasteiger partial charge in [0.25, 0.3) is 0 Å². The number of para-hydroxylation sites is 1. The normalized spacial score (nSPS) is 17.2. The zero-order valence-corrected chi connectivity index (χ0v) is 23.3. The molecule has 9 heteroatoms. The number of nitrogens with zero attached hydrogens (tertiary/aromatic N) is 4. The lowest BCUT2D eigenvalue weighted by Gasteiger charge is -2.29. The Morgan fingerprint density at radius 2 is 1.78 bits per heavy atom. The summed E-state index contributed by atoms with van der Waals surface area (Å²) in [5.74, 6) is 0.146. The van der Waals surface area contributed by atoms with E-state index in [1.54, 1.807) is 22.0 Å². The minimum Gasteiger partial charge on any atom is -0.327 e. The van der Waals surface area contributed by atoms with Crippen molar-refractivity contribution in [3.05, 3.63) is 102 Å². The molecule has 1 aliphatic carbocycles. The van der Waals surface area contributed by atoms with Crippen LogP contribution in [0.25, 0.3) is 5.69 Å². The highest BCUT2D eigenvalue weighted by molar-refractivity contribution is 6.06. The molecule has 0 saturated carbocycles. The van der Waals surface area contributed by atoms with E-state index in [2.05, 4.69) is 20.7 Å². The fraction of sp³-hybridized carbons (Fsp3) is 0.281. The van der Waals surface area contributed by atoms with Crippen LogP contribution in [0.5, 0.6) is 0 Å². The Balaban J connectivity index is 1.19. The Morgan fingerprint density at radius 1 is 1.00 bits per heavy atom. The van der Waals surface area contributed by atoms with E-state index in [0.717, 1.165) is 28.1 Å². The van der Waals surface area contributed by atoms with E-state index >= 15 is 0 Å². The summed E-state index contributed by atoms with van der Waals surface area (Å²) < 4.78 is 1.78. The minimum absolute atomic E-state index is 0.0425. The largest absolute Gasteiger partial charge is 0.327 e. The van der Waals surface area contributed by atoms with Crippen LogP contribution in [0, 0.1) is 5.41 Å². The Morgan fingerprint density at radius 3 is 2.56 bits per heavy atom. The van der Waals surface area contributed by atoms with Crippen LogP contribution in [0.2, 0.25) is 0 Å². The number of benzene rings is 2. The number of hydrogen-bond donors (Lipinski definition) is 2. The molecule has 1 aliphatic heterocycles. The van der Waals surface area contributed by atoms with Crippen molar-refractivity contribution in [3.63, 3.8) is 0 Å². The molecule has 0 radical (unpaired) electrons. The van der Waals surface area contributed by atoms with Gasteiger partial charge in [0.1, 0.15) is 12.4 Å². The van der Waals surface area contributed by atoms with Gasteiger partial charge in [-0.2, -0.15) is 5.10 Å². The van der Waals surface area contributed by atoms with Gasteiger partial charge in [0.05, 0.1) is 23.3 Å². The van der Waals surface area contributed by atoms with E-state index in [1.165, 1.54) is 0 Å². The van der Waals surface area contributed by atoms with E-state index in [4.69, 9.17) is 0 Å². The van der Waals surface area contributed by atoms with Gasteiger partial charge in [0, 0.05) is 29.1 Å². The van der Waals surface area contributed by atoms with Gasteiger partial charge < -0.3 is 15.5 Å². The highest BCUT2D eigenvalue weighted by Crippen LogP contribution is 2.46. The molecule has 4 aromatic rings. The minimum atomic E-state index is -0.674. The SMILES string of the molecule is CC(C)(C)C(=O)N(CC(=O)Nc1ccc2c(c1)CC1(C2)C(=O)Nc2ncccc21)Cc1ccnn1-c1ccccc1. The van der Waals surface area contributed by atoms with E-state index in [9.17, 15) is 14.4 Å². The zero-order valence-electron chi connectivity index (χ0n) is 23.3. The summed E-state index contributed by atoms with van der Waals surface area (Å²) in [6.07, 6.45) is 4.49. The number of carbonyl (C=O) groups excluding carboxylic acids is 3. The van der Waals surface area contributed by atoms with Gasteiger partial charge in [-0.25, -0.2) is 9.67 Å². The molecule has 1 spiro atoms. The first-order valence-electron chi connectivity index (χ1n) is 13.7. The van der Waals surface area contributed by atoms with Crippen LogP contribution in [0.3, 0.4) is 0 Å². The first-order chi connectivity index (χ1) is 19.6. The van der Waals surface area contributed by atoms with E-state index in [-0.39, 0.29) is 30.8 Å². The maximum atomic E-state index is 13.4. The molecular formula is C32H32N6O3. The van der Waals surface area contributed by atoms with Crippen LogP contribution in [-0.2, 0) is 39.2 Å². The highest BCUT2D eigenvalue weighted by atomic mass is 16.2. The number of aromatic nitrogens is 3. The van der Waals surface area contributed by atoms with Crippen molar-refractivity contribution >= 4 is 29.2 Å². The summed E-state index contributed by atoms with van der Waals surface area (Å²) in [6, 6.07) is 21.1. The van der Waals surface area contributed by atoms with Gasteiger partial charge in [-0.3, -0.25) is 14.4 Å². The topological polar surface area (TPSA) is 109 Å². The molecule has 2 aromatic carbocycles. The lowest BCUT2D eigenvalue weighted by Crippen LogP contribution is -2.43. The Labute approximate surface area is 238 Å². The fourth-order valence-electron chi connectivity index (χ4n) is 5.84. The molecule has 0 fully saturated rings. The standard InChI is InChI=1S/C32H32N6O3/c1-31(2,3)30(41)37(19-25-13-15-34-38(25)24-8-5-4-6-9-24)20-27(39)35-23-12-11-21-17-32(18-22(21)16-23)26-10-7-14-33-28(26)36-29(32)40/h4-16H,17-20H2,1-3H3,(H,35,39)(H,33,36,40). The molecule has 0 saturated heterocycles. The third kappa shape index (κ3) is 4.88. The lowest BCUT2D eigenvalue weighted by molar-refractivity contribution is -0.142. The lowest BCUT2D eigenvalue weighted by atomic mass is 9.79. The van der Waals surface area contributed by atoms with Crippen molar-refractivity contribution in [2.45, 2.75) is 45.6 Å². The summed E-state index contributed by atoms with van der Waals surface area (Å²) in [5.41, 5.74) is 3.97. The maximum Gasteiger partial charge on any atom is 0.244 e. The Bertz CT molecular complexity index is 1660. The van der Waals surface area contributed by atoms with Crippen molar-refractivity contribution in [1.82, 2.24) is 19.7 Å². The third-order valence-corrected chi connectivity index (χ3v) is 7.80.